The van der Waals surface area contributed by atoms with Gasteiger partial charge >= 0.3 is 0 Å². The number of rotatable bonds is 1. The van der Waals surface area contributed by atoms with Crippen LogP contribution >= 0.6 is 0 Å². The molecule has 1 heterocycles. The van der Waals surface area contributed by atoms with Gasteiger partial charge in [0.25, 0.3) is 0 Å². The summed E-state index contributed by atoms with van der Waals surface area (Å²) in [6.07, 6.45) is 0.474. The van der Waals surface area contributed by atoms with E-state index in [2.05, 4.69) is 5.32 Å². The highest BCUT2D eigenvalue weighted by Gasteiger charge is 2.29. The summed E-state index contributed by atoms with van der Waals surface area (Å²) in [7, 11) is 0. The highest BCUT2D eigenvalue weighted by Crippen LogP contribution is 2.29. The molecule has 14 heavy (non-hydrogen) atoms. The van der Waals surface area contributed by atoms with Gasteiger partial charge < -0.3 is 10.2 Å². The van der Waals surface area contributed by atoms with Gasteiger partial charge in [-0.1, -0.05) is 6.92 Å². The Balaban J connectivity index is 3.21. The molecule has 3 N–H and O–H groups in total. The fraction of sp³-hybridized carbons (Fsp3) is 0.333. The van der Waals surface area contributed by atoms with E-state index in [1.807, 2.05) is 12.1 Å². The normalized spacial score (nSPS) is 17.4. The fourth-order valence-corrected chi connectivity index (χ4v) is 1.39. The minimum absolute atomic E-state index is 0.0850. The molecular weight excluding hydrogens is 182 g/mol. The molecule has 0 aromatic heterocycles. The average Bonchev–Trinajstić information content (AvgIpc) is 2.16. The molecule has 0 aromatic rings. The number of hydrogen-bond donors (Lipinski definition) is 3. The molecule has 0 radical (unpaired) electrons. The quantitative estimate of drug-likeness (QED) is 0.578. The summed E-state index contributed by atoms with van der Waals surface area (Å²) < 4.78 is 0. The van der Waals surface area contributed by atoms with Gasteiger partial charge in [0.15, 0.2) is 0 Å². The Kier molecular flexibility index (Phi) is 2.64. The number of nitrogens with one attached hydrogen (secondary N) is 1. The first-order chi connectivity index (χ1) is 6.65. The first-order valence-electron chi connectivity index (χ1n) is 4.09. The van der Waals surface area contributed by atoms with Crippen molar-refractivity contribution in [2.24, 2.45) is 5.92 Å². The Morgan fingerprint density at radius 3 is 1.93 bits per heavy atom. The summed E-state index contributed by atoms with van der Waals surface area (Å²) in [4.78, 5) is 0. The van der Waals surface area contributed by atoms with E-state index < -0.39 is 5.92 Å². The summed E-state index contributed by atoms with van der Waals surface area (Å²) in [5, 5.41) is 38.2. The molecule has 0 aromatic carbocycles. The molecule has 0 unspecified atom stereocenters. The third kappa shape index (κ3) is 1.36. The number of hydrogen-bond acceptors (Lipinski definition) is 5. The molecule has 5 nitrogen and oxygen atoms in total. The van der Waals surface area contributed by atoms with E-state index in [0.717, 1.165) is 0 Å². The van der Waals surface area contributed by atoms with E-state index in [4.69, 9.17) is 10.5 Å². The minimum atomic E-state index is -0.522. The lowest BCUT2D eigenvalue weighted by Crippen LogP contribution is -2.26. The van der Waals surface area contributed by atoms with Gasteiger partial charge in [-0.15, -0.1) is 0 Å². The highest BCUT2D eigenvalue weighted by atomic mass is 16.3. The molecule has 0 saturated carbocycles. The molecular formula is C9H9N3O2. The zero-order valence-electron chi connectivity index (χ0n) is 7.57. The first kappa shape index (κ1) is 9.94. The summed E-state index contributed by atoms with van der Waals surface area (Å²) in [6, 6.07) is 3.62. The van der Waals surface area contributed by atoms with Gasteiger partial charge in [0.05, 0.1) is 11.1 Å². The standard InChI is InChI=1S/C9H9N3O2/c1-2-5-6(3-10)8(13)12-9(14)7(5)4-11/h5,12-14H,2H2,1H3. The van der Waals surface area contributed by atoms with Gasteiger partial charge in [0.2, 0.25) is 11.8 Å². The molecule has 5 heteroatoms. The van der Waals surface area contributed by atoms with Crippen molar-refractivity contribution < 1.29 is 10.2 Å². The van der Waals surface area contributed by atoms with Gasteiger partial charge in [0, 0.05) is 5.92 Å². The van der Waals surface area contributed by atoms with Crippen LogP contribution in [0.3, 0.4) is 0 Å². The predicted molar refractivity (Wildman–Crippen MR) is 47.5 cm³/mol. The summed E-state index contributed by atoms with van der Waals surface area (Å²) in [5.41, 5.74) is 0.170. The summed E-state index contributed by atoms with van der Waals surface area (Å²) in [6.45, 7) is 1.77. The van der Waals surface area contributed by atoms with Crippen LogP contribution in [0.25, 0.3) is 0 Å². The monoisotopic (exact) mass is 191 g/mol. The summed E-state index contributed by atoms with van der Waals surface area (Å²) >= 11 is 0. The number of aliphatic hydroxyl groups is 2. The molecule has 0 amide bonds. The Morgan fingerprint density at radius 2 is 1.64 bits per heavy atom. The smallest absolute Gasteiger partial charge is 0.205 e. The lowest BCUT2D eigenvalue weighted by molar-refractivity contribution is 0.289. The third-order valence-electron chi connectivity index (χ3n) is 2.09. The zero-order valence-corrected chi connectivity index (χ0v) is 7.57. The highest BCUT2D eigenvalue weighted by molar-refractivity contribution is 5.44. The number of nitriles is 2. The maximum absolute atomic E-state index is 9.30. The Morgan fingerprint density at radius 1 is 1.21 bits per heavy atom. The molecule has 72 valence electrons. The van der Waals surface area contributed by atoms with E-state index in [1.165, 1.54) is 0 Å². The van der Waals surface area contributed by atoms with Crippen molar-refractivity contribution >= 4 is 0 Å². The molecule has 0 fully saturated rings. The topological polar surface area (TPSA) is 100 Å². The molecule has 0 saturated heterocycles. The van der Waals surface area contributed by atoms with Crippen molar-refractivity contribution in [2.45, 2.75) is 13.3 Å². The van der Waals surface area contributed by atoms with E-state index in [0.29, 0.717) is 6.42 Å². The Labute approximate surface area is 81.2 Å². The van der Waals surface area contributed by atoms with Crippen LogP contribution in [0.1, 0.15) is 13.3 Å². The molecule has 0 atom stereocenters. The van der Waals surface area contributed by atoms with Crippen LogP contribution in [0.4, 0.5) is 0 Å². The van der Waals surface area contributed by atoms with Crippen molar-refractivity contribution in [3.05, 3.63) is 22.9 Å². The second kappa shape index (κ2) is 3.71. The van der Waals surface area contributed by atoms with Crippen molar-refractivity contribution in [3.63, 3.8) is 0 Å². The molecule has 1 aliphatic heterocycles. The van der Waals surface area contributed by atoms with Crippen LogP contribution in [0, 0.1) is 28.6 Å². The van der Waals surface area contributed by atoms with Gasteiger partial charge in [0.1, 0.15) is 12.1 Å². The first-order valence-corrected chi connectivity index (χ1v) is 4.09. The van der Waals surface area contributed by atoms with Gasteiger partial charge in [-0.25, -0.2) is 0 Å². The fourth-order valence-electron chi connectivity index (χ4n) is 1.39. The molecule has 0 aliphatic carbocycles. The summed E-state index contributed by atoms with van der Waals surface area (Å²) in [5.74, 6) is -1.28. The van der Waals surface area contributed by atoms with E-state index in [-0.39, 0.29) is 22.9 Å². The van der Waals surface area contributed by atoms with E-state index in [1.54, 1.807) is 6.92 Å². The average molecular weight is 191 g/mol. The molecule has 0 bridgehead atoms. The van der Waals surface area contributed by atoms with Gasteiger partial charge in [-0.2, -0.15) is 10.5 Å². The SMILES string of the molecule is CCC1C(C#N)=C(O)NC(O)=C1C#N. The molecule has 1 rings (SSSR count). The Hall–Kier alpha value is -2.14. The number of allylic oxidation sites excluding steroid dienone is 2. The Bertz CT molecular complexity index is 359. The van der Waals surface area contributed by atoms with Crippen LogP contribution < -0.4 is 5.32 Å². The van der Waals surface area contributed by atoms with E-state index in [9.17, 15) is 10.2 Å². The maximum atomic E-state index is 9.30. The van der Waals surface area contributed by atoms with Crippen molar-refractivity contribution in [1.29, 1.82) is 10.5 Å². The van der Waals surface area contributed by atoms with Crippen molar-refractivity contribution in [1.82, 2.24) is 5.32 Å². The zero-order chi connectivity index (χ0) is 10.7. The second-order valence-corrected chi connectivity index (χ2v) is 2.83. The minimum Gasteiger partial charge on any atom is -0.494 e. The number of dihydropyridines is 1. The van der Waals surface area contributed by atoms with Gasteiger partial charge in [-0.3, -0.25) is 5.32 Å². The van der Waals surface area contributed by atoms with Crippen LogP contribution in [-0.4, -0.2) is 10.2 Å². The number of aliphatic hydroxyl groups excluding tert-OH is 2. The molecule has 1 aliphatic rings. The predicted octanol–water partition coefficient (Wildman–Crippen LogP) is 1.20. The number of nitrogens with zero attached hydrogens (tertiary/aromatic N) is 2. The lowest BCUT2D eigenvalue weighted by atomic mass is 9.88. The largest absolute Gasteiger partial charge is 0.494 e. The lowest BCUT2D eigenvalue weighted by Gasteiger charge is -2.21. The van der Waals surface area contributed by atoms with E-state index >= 15 is 0 Å². The maximum Gasteiger partial charge on any atom is 0.205 e. The van der Waals surface area contributed by atoms with Crippen LogP contribution in [-0.2, 0) is 0 Å². The van der Waals surface area contributed by atoms with Crippen molar-refractivity contribution in [2.75, 3.05) is 0 Å². The second-order valence-electron chi connectivity index (χ2n) is 2.83. The van der Waals surface area contributed by atoms with Gasteiger partial charge in [-0.05, 0) is 6.42 Å². The van der Waals surface area contributed by atoms with Crippen LogP contribution in [0.5, 0.6) is 0 Å². The van der Waals surface area contributed by atoms with Crippen molar-refractivity contribution in [3.8, 4) is 12.1 Å². The van der Waals surface area contributed by atoms with Crippen LogP contribution in [0.15, 0.2) is 22.9 Å². The third-order valence-corrected chi connectivity index (χ3v) is 2.09. The molecule has 0 spiro atoms. The van der Waals surface area contributed by atoms with Crippen LogP contribution in [0.2, 0.25) is 0 Å².